The first kappa shape index (κ1) is 15.3. The van der Waals surface area contributed by atoms with E-state index in [4.69, 9.17) is 9.47 Å². The standard InChI is InChI=1S/C15H17F2NO3/c1-5-20-14(19)18-7-6-9-11(18)8-10(16)13(12(9)17)21-15(2,3)4/h6-8H,5H2,1-4H3. The van der Waals surface area contributed by atoms with Crippen molar-refractivity contribution in [3.8, 4) is 5.75 Å². The molecule has 0 aliphatic carbocycles. The van der Waals surface area contributed by atoms with E-state index in [-0.39, 0.29) is 17.5 Å². The summed E-state index contributed by atoms with van der Waals surface area (Å²) in [4.78, 5) is 11.7. The molecule has 1 aromatic carbocycles. The van der Waals surface area contributed by atoms with E-state index in [1.165, 1.54) is 12.3 Å². The lowest BCUT2D eigenvalue weighted by Crippen LogP contribution is -2.24. The number of carbonyl (C=O) groups is 1. The third-order valence-electron chi connectivity index (χ3n) is 2.71. The number of hydrogen-bond acceptors (Lipinski definition) is 3. The third kappa shape index (κ3) is 2.99. The van der Waals surface area contributed by atoms with Gasteiger partial charge in [-0.2, -0.15) is 0 Å². The highest BCUT2D eigenvalue weighted by Crippen LogP contribution is 2.32. The average molecular weight is 297 g/mol. The molecule has 0 amide bonds. The summed E-state index contributed by atoms with van der Waals surface area (Å²) >= 11 is 0. The van der Waals surface area contributed by atoms with Gasteiger partial charge in [0.2, 0.25) is 0 Å². The number of fused-ring (bicyclic) bond motifs is 1. The molecule has 1 heterocycles. The van der Waals surface area contributed by atoms with E-state index in [1.54, 1.807) is 27.7 Å². The summed E-state index contributed by atoms with van der Waals surface area (Å²) < 4.78 is 39.7. The largest absolute Gasteiger partial charge is 0.482 e. The monoisotopic (exact) mass is 297 g/mol. The van der Waals surface area contributed by atoms with Crippen LogP contribution in [0.4, 0.5) is 13.6 Å². The molecule has 0 aliphatic heterocycles. The molecule has 0 saturated carbocycles. The molecule has 1 aromatic heterocycles. The van der Waals surface area contributed by atoms with Crippen LogP contribution in [0, 0.1) is 11.6 Å². The molecule has 0 saturated heterocycles. The van der Waals surface area contributed by atoms with Crippen molar-refractivity contribution >= 4 is 17.0 Å². The molecule has 4 nitrogen and oxygen atoms in total. The van der Waals surface area contributed by atoms with Crippen LogP contribution in [-0.2, 0) is 4.74 Å². The Morgan fingerprint density at radius 1 is 1.33 bits per heavy atom. The Labute approximate surface area is 121 Å². The minimum atomic E-state index is -0.862. The molecule has 0 fully saturated rings. The fourth-order valence-electron chi connectivity index (χ4n) is 1.94. The Kier molecular flexibility index (Phi) is 3.89. The highest BCUT2D eigenvalue weighted by molar-refractivity contribution is 5.90. The topological polar surface area (TPSA) is 40.5 Å². The van der Waals surface area contributed by atoms with Crippen LogP contribution in [0.1, 0.15) is 27.7 Å². The molecule has 2 aromatic rings. The Hall–Kier alpha value is -2.11. The Bertz CT molecular complexity index is 686. The van der Waals surface area contributed by atoms with E-state index in [0.29, 0.717) is 0 Å². The van der Waals surface area contributed by atoms with Gasteiger partial charge in [-0.05, 0) is 33.8 Å². The Morgan fingerprint density at radius 2 is 2.00 bits per heavy atom. The fraction of sp³-hybridized carbons (Fsp3) is 0.400. The summed E-state index contributed by atoms with van der Waals surface area (Å²) in [5, 5.41) is 0.101. The first-order valence-electron chi connectivity index (χ1n) is 6.60. The van der Waals surface area contributed by atoms with Crippen LogP contribution in [0.2, 0.25) is 0 Å². The van der Waals surface area contributed by atoms with Gasteiger partial charge < -0.3 is 9.47 Å². The molecular formula is C15H17F2NO3. The highest BCUT2D eigenvalue weighted by Gasteiger charge is 2.23. The number of ether oxygens (including phenoxy) is 2. The van der Waals surface area contributed by atoms with Crippen molar-refractivity contribution in [1.82, 2.24) is 4.57 Å². The maximum atomic E-state index is 14.4. The molecule has 21 heavy (non-hydrogen) atoms. The maximum absolute atomic E-state index is 14.4. The smallest absolute Gasteiger partial charge is 0.418 e. The Morgan fingerprint density at radius 3 is 2.57 bits per heavy atom. The van der Waals surface area contributed by atoms with E-state index in [2.05, 4.69) is 0 Å². The van der Waals surface area contributed by atoms with E-state index < -0.39 is 29.1 Å². The van der Waals surface area contributed by atoms with Crippen LogP contribution < -0.4 is 4.74 Å². The summed E-state index contributed by atoms with van der Waals surface area (Å²) in [6, 6.07) is 2.45. The first-order valence-corrected chi connectivity index (χ1v) is 6.60. The normalized spacial score (nSPS) is 11.7. The first-order chi connectivity index (χ1) is 9.74. The number of halogens is 2. The number of benzene rings is 1. The van der Waals surface area contributed by atoms with Crippen LogP contribution in [-0.4, -0.2) is 22.9 Å². The summed E-state index contributed by atoms with van der Waals surface area (Å²) in [6.45, 7) is 6.91. The van der Waals surface area contributed by atoms with E-state index in [1.807, 2.05) is 0 Å². The predicted octanol–water partition coefficient (Wildman–Crippen LogP) is 4.10. The van der Waals surface area contributed by atoms with E-state index in [9.17, 15) is 13.6 Å². The number of hydrogen-bond donors (Lipinski definition) is 0. The molecule has 2 rings (SSSR count). The van der Waals surface area contributed by atoms with Gasteiger partial charge in [0.05, 0.1) is 12.1 Å². The van der Waals surface area contributed by atoms with Crippen molar-refractivity contribution in [1.29, 1.82) is 0 Å². The average Bonchev–Trinajstić information content (AvgIpc) is 2.77. The van der Waals surface area contributed by atoms with Gasteiger partial charge in [0, 0.05) is 17.6 Å². The van der Waals surface area contributed by atoms with Gasteiger partial charge >= 0.3 is 6.09 Å². The second kappa shape index (κ2) is 5.35. The van der Waals surface area contributed by atoms with Crippen LogP contribution in [0.5, 0.6) is 5.75 Å². The van der Waals surface area contributed by atoms with Gasteiger partial charge in [-0.15, -0.1) is 0 Å². The van der Waals surface area contributed by atoms with E-state index >= 15 is 0 Å². The van der Waals surface area contributed by atoms with Crippen LogP contribution in [0.15, 0.2) is 18.3 Å². The van der Waals surface area contributed by atoms with Gasteiger partial charge in [-0.3, -0.25) is 4.57 Å². The van der Waals surface area contributed by atoms with Gasteiger partial charge in [-0.1, -0.05) is 0 Å². The fourth-order valence-corrected chi connectivity index (χ4v) is 1.94. The van der Waals surface area contributed by atoms with Crippen LogP contribution in [0.25, 0.3) is 10.9 Å². The molecule has 114 valence electrons. The maximum Gasteiger partial charge on any atom is 0.418 e. The molecular weight excluding hydrogens is 280 g/mol. The van der Waals surface area contributed by atoms with Crippen molar-refractivity contribution in [3.05, 3.63) is 30.0 Å². The molecule has 0 unspecified atom stereocenters. The summed E-state index contributed by atoms with van der Waals surface area (Å²) in [6.07, 6.45) is 0.655. The second-order valence-electron chi connectivity index (χ2n) is 5.53. The predicted molar refractivity (Wildman–Crippen MR) is 74.7 cm³/mol. The van der Waals surface area contributed by atoms with Crippen molar-refractivity contribution in [2.75, 3.05) is 6.61 Å². The highest BCUT2D eigenvalue weighted by atomic mass is 19.1. The summed E-state index contributed by atoms with van der Waals surface area (Å²) in [5.41, 5.74) is -0.635. The third-order valence-corrected chi connectivity index (χ3v) is 2.71. The van der Waals surface area contributed by atoms with Crippen molar-refractivity contribution in [3.63, 3.8) is 0 Å². The number of rotatable bonds is 2. The number of carbonyl (C=O) groups excluding carboxylic acids is 1. The zero-order valence-electron chi connectivity index (χ0n) is 12.4. The minimum Gasteiger partial charge on any atom is -0.482 e. The van der Waals surface area contributed by atoms with Gasteiger partial charge in [0.25, 0.3) is 0 Å². The molecule has 6 heteroatoms. The molecule has 0 spiro atoms. The van der Waals surface area contributed by atoms with Gasteiger partial charge in [0.1, 0.15) is 5.60 Å². The lowest BCUT2D eigenvalue weighted by molar-refractivity contribution is 0.118. The quantitative estimate of drug-likeness (QED) is 0.838. The summed E-state index contributed by atoms with van der Waals surface area (Å²) in [7, 11) is 0. The van der Waals surface area contributed by atoms with Crippen LogP contribution >= 0.6 is 0 Å². The lowest BCUT2D eigenvalue weighted by atomic mass is 10.1. The molecule has 0 N–H and O–H groups in total. The lowest BCUT2D eigenvalue weighted by Gasteiger charge is -2.22. The minimum absolute atomic E-state index is 0.101. The molecule has 0 radical (unpaired) electrons. The second-order valence-corrected chi connectivity index (χ2v) is 5.53. The molecule has 0 atom stereocenters. The molecule has 0 bridgehead atoms. The van der Waals surface area contributed by atoms with Crippen molar-refractivity contribution in [2.45, 2.75) is 33.3 Å². The number of aromatic nitrogens is 1. The zero-order chi connectivity index (χ0) is 15.8. The summed E-state index contributed by atoms with van der Waals surface area (Å²) in [5.74, 6) is -2.14. The van der Waals surface area contributed by atoms with Gasteiger partial charge in [0.15, 0.2) is 17.4 Å². The van der Waals surface area contributed by atoms with Crippen molar-refractivity contribution < 1.29 is 23.0 Å². The van der Waals surface area contributed by atoms with Crippen LogP contribution in [0.3, 0.4) is 0 Å². The number of nitrogens with zero attached hydrogens (tertiary/aromatic N) is 1. The SMILES string of the molecule is CCOC(=O)n1ccc2c(F)c(OC(C)(C)C)c(F)cc21. The Balaban J connectivity index is 2.57. The van der Waals surface area contributed by atoms with E-state index in [0.717, 1.165) is 10.6 Å². The van der Waals surface area contributed by atoms with Crippen molar-refractivity contribution in [2.24, 2.45) is 0 Å². The molecule has 0 aliphatic rings. The zero-order valence-corrected chi connectivity index (χ0v) is 12.4. The van der Waals surface area contributed by atoms with Gasteiger partial charge in [-0.25, -0.2) is 13.6 Å².